The molecule has 2 N–H and O–H groups in total. The quantitative estimate of drug-likeness (QED) is 0.441. The lowest BCUT2D eigenvalue weighted by molar-refractivity contribution is 0.102. The monoisotopic (exact) mass is 414 g/mol. The number of methoxy groups -OCH3 is 1. The van der Waals surface area contributed by atoms with Crippen molar-refractivity contribution in [2.24, 2.45) is 0 Å². The predicted octanol–water partition coefficient (Wildman–Crippen LogP) is 5.03. The van der Waals surface area contributed by atoms with Gasteiger partial charge in [0.1, 0.15) is 12.1 Å². The summed E-state index contributed by atoms with van der Waals surface area (Å²) in [6.07, 6.45) is 1.50. The summed E-state index contributed by atoms with van der Waals surface area (Å²) >= 11 is 0. The Kier molecular flexibility index (Phi) is 5.93. The van der Waals surface area contributed by atoms with Gasteiger partial charge in [0.25, 0.3) is 5.91 Å². The first-order valence-electron chi connectivity index (χ1n) is 9.87. The molecule has 1 heterocycles. The number of carbonyl (C=O) groups is 1. The number of rotatable bonds is 7. The van der Waals surface area contributed by atoms with Gasteiger partial charge in [-0.3, -0.25) is 4.79 Å². The fourth-order valence-corrected chi connectivity index (χ4v) is 3.16. The van der Waals surface area contributed by atoms with Gasteiger partial charge in [-0.25, -0.2) is 9.97 Å². The van der Waals surface area contributed by atoms with E-state index in [1.165, 1.54) is 6.33 Å². The van der Waals surface area contributed by atoms with E-state index < -0.39 is 0 Å². The standard InChI is InChI=1S/C24H22N4O3/c1-3-31-22-14-20-19(13-21(22)30-2)23(26-15-25-20)27-17-9-11-18(12-10-17)28-24(29)16-7-5-4-6-8-16/h4-15H,3H2,1-2H3,(H,28,29)(H,25,26,27). The number of hydrogen-bond acceptors (Lipinski definition) is 6. The van der Waals surface area contributed by atoms with E-state index in [1.807, 2.05) is 61.5 Å². The number of aromatic nitrogens is 2. The van der Waals surface area contributed by atoms with Crippen molar-refractivity contribution in [3.63, 3.8) is 0 Å². The van der Waals surface area contributed by atoms with Gasteiger partial charge in [0.2, 0.25) is 0 Å². The first-order chi connectivity index (χ1) is 15.2. The van der Waals surface area contributed by atoms with Crippen LogP contribution in [0, 0.1) is 0 Å². The van der Waals surface area contributed by atoms with Gasteiger partial charge in [-0.15, -0.1) is 0 Å². The summed E-state index contributed by atoms with van der Waals surface area (Å²) in [4.78, 5) is 21.0. The van der Waals surface area contributed by atoms with Gasteiger partial charge in [0, 0.05) is 28.4 Å². The van der Waals surface area contributed by atoms with Crippen LogP contribution in [0.1, 0.15) is 17.3 Å². The van der Waals surface area contributed by atoms with Crippen molar-refractivity contribution in [2.45, 2.75) is 6.92 Å². The molecule has 0 radical (unpaired) electrons. The van der Waals surface area contributed by atoms with Crippen LogP contribution in [-0.2, 0) is 0 Å². The van der Waals surface area contributed by atoms with Crippen molar-refractivity contribution in [3.05, 3.63) is 78.6 Å². The SMILES string of the molecule is CCOc1cc2ncnc(Nc3ccc(NC(=O)c4ccccc4)cc3)c2cc1OC. The summed E-state index contributed by atoms with van der Waals surface area (Å²) in [6.45, 7) is 2.45. The van der Waals surface area contributed by atoms with E-state index in [0.717, 1.165) is 16.6 Å². The number of nitrogens with zero attached hydrogens (tertiary/aromatic N) is 2. The zero-order chi connectivity index (χ0) is 21.6. The van der Waals surface area contributed by atoms with Crippen molar-refractivity contribution in [2.75, 3.05) is 24.4 Å². The summed E-state index contributed by atoms with van der Waals surface area (Å²) in [7, 11) is 1.60. The third-order valence-corrected chi connectivity index (χ3v) is 4.66. The molecule has 156 valence electrons. The number of carbonyl (C=O) groups excluding carboxylic acids is 1. The van der Waals surface area contributed by atoms with Gasteiger partial charge < -0.3 is 20.1 Å². The number of fused-ring (bicyclic) bond motifs is 1. The highest BCUT2D eigenvalue weighted by atomic mass is 16.5. The molecule has 0 saturated carbocycles. The Morgan fingerprint density at radius 1 is 0.935 bits per heavy atom. The molecule has 7 nitrogen and oxygen atoms in total. The van der Waals surface area contributed by atoms with Gasteiger partial charge in [-0.1, -0.05) is 18.2 Å². The summed E-state index contributed by atoms with van der Waals surface area (Å²) in [5.41, 5.74) is 2.88. The Morgan fingerprint density at radius 3 is 2.39 bits per heavy atom. The third kappa shape index (κ3) is 4.56. The predicted molar refractivity (Wildman–Crippen MR) is 121 cm³/mol. The number of nitrogens with one attached hydrogen (secondary N) is 2. The van der Waals surface area contributed by atoms with Crippen LogP contribution in [0.25, 0.3) is 10.9 Å². The number of hydrogen-bond donors (Lipinski definition) is 2. The van der Waals surface area contributed by atoms with Crippen LogP contribution >= 0.6 is 0 Å². The van der Waals surface area contributed by atoms with Crippen molar-refractivity contribution in [1.29, 1.82) is 0 Å². The molecule has 0 aliphatic heterocycles. The lowest BCUT2D eigenvalue weighted by Crippen LogP contribution is -2.11. The Labute approximate surface area is 180 Å². The van der Waals surface area contributed by atoms with Crippen LogP contribution in [0.4, 0.5) is 17.2 Å². The molecular weight excluding hydrogens is 392 g/mol. The molecule has 31 heavy (non-hydrogen) atoms. The summed E-state index contributed by atoms with van der Waals surface area (Å²) in [6, 6.07) is 20.2. The zero-order valence-electron chi connectivity index (χ0n) is 17.3. The number of amides is 1. The molecule has 0 unspecified atom stereocenters. The normalized spacial score (nSPS) is 10.5. The molecular formula is C24H22N4O3. The highest BCUT2D eigenvalue weighted by Gasteiger charge is 2.12. The van der Waals surface area contributed by atoms with E-state index in [0.29, 0.717) is 35.2 Å². The fourth-order valence-electron chi connectivity index (χ4n) is 3.16. The van der Waals surface area contributed by atoms with Gasteiger partial charge in [0.05, 0.1) is 19.2 Å². The maximum Gasteiger partial charge on any atom is 0.255 e. The van der Waals surface area contributed by atoms with Gasteiger partial charge in [-0.05, 0) is 49.4 Å². The topological polar surface area (TPSA) is 85.4 Å². The maximum absolute atomic E-state index is 12.3. The maximum atomic E-state index is 12.3. The second-order valence-electron chi connectivity index (χ2n) is 6.70. The smallest absolute Gasteiger partial charge is 0.255 e. The van der Waals surface area contributed by atoms with Crippen LogP contribution in [-0.4, -0.2) is 29.6 Å². The average Bonchev–Trinajstić information content (AvgIpc) is 2.81. The Balaban J connectivity index is 1.54. The van der Waals surface area contributed by atoms with Crippen LogP contribution in [0.5, 0.6) is 11.5 Å². The van der Waals surface area contributed by atoms with E-state index in [4.69, 9.17) is 9.47 Å². The highest BCUT2D eigenvalue weighted by Crippen LogP contribution is 2.34. The van der Waals surface area contributed by atoms with Crippen LogP contribution in [0.2, 0.25) is 0 Å². The lowest BCUT2D eigenvalue weighted by Gasteiger charge is -2.13. The minimum atomic E-state index is -0.152. The summed E-state index contributed by atoms with van der Waals surface area (Å²) < 4.78 is 11.1. The Morgan fingerprint density at radius 2 is 1.68 bits per heavy atom. The molecule has 0 saturated heterocycles. The average molecular weight is 414 g/mol. The molecule has 7 heteroatoms. The number of benzene rings is 3. The van der Waals surface area contributed by atoms with Crippen molar-refractivity contribution >= 4 is 34.0 Å². The van der Waals surface area contributed by atoms with E-state index in [9.17, 15) is 4.79 Å². The second-order valence-corrected chi connectivity index (χ2v) is 6.70. The van der Waals surface area contributed by atoms with E-state index in [2.05, 4.69) is 20.6 Å². The molecule has 1 amide bonds. The molecule has 0 aliphatic carbocycles. The molecule has 0 spiro atoms. The van der Waals surface area contributed by atoms with Crippen molar-refractivity contribution in [3.8, 4) is 11.5 Å². The first kappa shape index (κ1) is 20.2. The molecule has 1 aromatic heterocycles. The van der Waals surface area contributed by atoms with E-state index in [1.54, 1.807) is 19.2 Å². The van der Waals surface area contributed by atoms with Crippen LogP contribution < -0.4 is 20.1 Å². The van der Waals surface area contributed by atoms with E-state index >= 15 is 0 Å². The zero-order valence-corrected chi connectivity index (χ0v) is 17.3. The van der Waals surface area contributed by atoms with Gasteiger partial charge in [0.15, 0.2) is 11.5 Å². The largest absolute Gasteiger partial charge is 0.493 e. The van der Waals surface area contributed by atoms with Crippen molar-refractivity contribution < 1.29 is 14.3 Å². The van der Waals surface area contributed by atoms with Crippen LogP contribution in [0.3, 0.4) is 0 Å². The summed E-state index contributed by atoms with van der Waals surface area (Å²) in [5, 5.41) is 7.00. The molecule has 0 aliphatic rings. The summed E-state index contributed by atoms with van der Waals surface area (Å²) in [5.74, 6) is 1.75. The Hall–Kier alpha value is -4.13. The Bertz CT molecular complexity index is 1190. The van der Waals surface area contributed by atoms with Gasteiger partial charge >= 0.3 is 0 Å². The van der Waals surface area contributed by atoms with Crippen LogP contribution in [0.15, 0.2) is 73.1 Å². The van der Waals surface area contributed by atoms with Gasteiger partial charge in [-0.2, -0.15) is 0 Å². The van der Waals surface area contributed by atoms with Crippen molar-refractivity contribution in [1.82, 2.24) is 9.97 Å². The molecule has 0 fully saturated rings. The molecule has 3 aromatic carbocycles. The second kappa shape index (κ2) is 9.13. The molecule has 0 atom stereocenters. The molecule has 4 rings (SSSR count). The highest BCUT2D eigenvalue weighted by molar-refractivity contribution is 6.04. The third-order valence-electron chi connectivity index (χ3n) is 4.66. The van der Waals surface area contributed by atoms with E-state index in [-0.39, 0.29) is 5.91 Å². The number of ether oxygens (including phenoxy) is 2. The minimum Gasteiger partial charge on any atom is -0.493 e. The lowest BCUT2D eigenvalue weighted by atomic mass is 10.2. The molecule has 0 bridgehead atoms. The number of anilines is 3. The first-order valence-corrected chi connectivity index (χ1v) is 9.87. The minimum absolute atomic E-state index is 0.152. The fraction of sp³-hybridized carbons (Fsp3) is 0.125. The molecule has 4 aromatic rings.